The van der Waals surface area contributed by atoms with Gasteiger partial charge in [0.1, 0.15) is 10.8 Å². The summed E-state index contributed by atoms with van der Waals surface area (Å²) in [7, 11) is 1.68. The molecule has 34 heavy (non-hydrogen) atoms. The molecule has 3 aromatic carbocycles. The normalized spacial score (nSPS) is 11.2. The van der Waals surface area contributed by atoms with E-state index < -0.39 is 0 Å². The number of thiazole rings is 2. The van der Waals surface area contributed by atoms with Crippen LogP contribution in [0.4, 0.5) is 5.69 Å². The first-order valence-electron chi connectivity index (χ1n) is 10.9. The van der Waals surface area contributed by atoms with Crippen LogP contribution in [-0.4, -0.2) is 23.3 Å². The number of benzene rings is 3. The number of aryl methyl sites for hydroxylation is 1. The number of aromatic nitrogens is 2. The minimum atomic E-state index is 0.816. The lowest BCUT2D eigenvalue weighted by molar-refractivity contribution is 0.414. The van der Waals surface area contributed by atoms with Crippen LogP contribution >= 0.6 is 22.7 Å². The first-order valence-corrected chi connectivity index (χ1v) is 12.6. The molecule has 5 aromatic rings. The van der Waals surface area contributed by atoms with Crippen molar-refractivity contribution in [1.82, 2.24) is 9.97 Å². The molecule has 0 unspecified atom stereocenters. The number of hydrogen-bond donors (Lipinski definition) is 0. The topological polar surface area (TPSA) is 47.4 Å². The lowest BCUT2D eigenvalue weighted by Crippen LogP contribution is -1.88. The van der Waals surface area contributed by atoms with Crippen LogP contribution in [0.25, 0.3) is 21.8 Å². The fraction of sp³-hybridized carbons (Fsp3) is 0.107. The molecule has 0 N–H and O–H groups in total. The van der Waals surface area contributed by atoms with Gasteiger partial charge in [0.15, 0.2) is 0 Å². The van der Waals surface area contributed by atoms with Crippen molar-refractivity contribution in [1.29, 1.82) is 0 Å². The Morgan fingerprint density at radius 3 is 2.38 bits per heavy atom. The summed E-state index contributed by atoms with van der Waals surface area (Å²) >= 11 is 3.35. The molecule has 0 aliphatic carbocycles. The first-order chi connectivity index (χ1) is 16.7. The van der Waals surface area contributed by atoms with E-state index in [0.717, 1.165) is 55.3 Å². The van der Waals surface area contributed by atoms with E-state index in [1.165, 1.54) is 5.56 Å². The smallest absolute Gasteiger partial charge is 0.124 e. The lowest BCUT2D eigenvalue weighted by Gasteiger charge is -2.01. The Morgan fingerprint density at radius 1 is 0.882 bits per heavy atom. The monoisotopic (exact) mass is 481 g/mol. The number of ether oxygens (including phenoxy) is 1. The van der Waals surface area contributed by atoms with E-state index in [0.29, 0.717) is 0 Å². The van der Waals surface area contributed by atoms with Gasteiger partial charge in [0, 0.05) is 29.1 Å². The van der Waals surface area contributed by atoms with Gasteiger partial charge < -0.3 is 4.74 Å². The largest absolute Gasteiger partial charge is 0.497 e. The molecule has 6 heteroatoms. The number of methoxy groups -OCH3 is 1. The van der Waals surface area contributed by atoms with Crippen molar-refractivity contribution in [3.63, 3.8) is 0 Å². The lowest BCUT2D eigenvalue weighted by atomic mass is 10.1. The highest BCUT2D eigenvalue weighted by Crippen LogP contribution is 2.28. The zero-order valence-electron chi connectivity index (χ0n) is 18.9. The standard InChI is InChI=1S/C28H23N3OS2/c1-19-26(34-28(30-19)22-6-4-3-5-7-22)17-29-23-12-10-21(11-13-23)25-18-33-27(31-25)16-20-8-14-24(32-2)15-9-20/h3-15,17-18H,16H2,1-2H3. The second-order valence-electron chi connectivity index (χ2n) is 7.79. The molecule has 168 valence electrons. The Kier molecular flexibility index (Phi) is 6.60. The fourth-order valence-corrected chi connectivity index (χ4v) is 5.31. The molecule has 0 saturated heterocycles. The van der Waals surface area contributed by atoms with Gasteiger partial charge in [-0.3, -0.25) is 4.99 Å². The van der Waals surface area contributed by atoms with Crippen molar-refractivity contribution in [2.75, 3.05) is 7.11 Å². The third-order valence-corrected chi connectivity index (χ3v) is 7.40. The van der Waals surface area contributed by atoms with Crippen LogP contribution in [0.5, 0.6) is 5.75 Å². The molecular formula is C28H23N3OS2. The molecule has 0 aliphatic heterocycles. The van der Waals surface area contributed by atoms with Crippen LogP contribution < -0.4 is 4.74 Å². The SMILES string of the molecule is COc1ccc(Cc2nc(-c3ccc(N=Cc4sc(-c5ccccc5)nc4C)cc3)cs2)cc1. The summed E-state index contributed by atoms with van der Waals surface area (Å²) in [5.41, 5.74) is 6.35. The fourth-order valence-electron chi connectivity index (χ4n) is 3.53. The third-order valence-electron chi connectivity index (χ3n) is 5.41. The van der Waals surface area contributed by atoms with Gasteiger partial charge in [-0.25, -0.2) is 9.97 Å². The second kappa shape index (κ2) is 10.1. The van der Waals surface area contributed by atoms with E-state index in [1.807, 2.05) is 55.6 Å². The number of hydrogen-bond acceptors (Lipinski definition) is 6. The van der Waals surface area contributed by atoms with Crippen molar-refractivity contribution in [3.8, 4) is 27.6 Å². The second-order valence-corrected chi connectivity index (χ2v) is 9.76. The molecule has 0 amide bonds. The minimum absolute atomic E-state index is 0.816. The quantitative estimate of drug-likeness (QED) is 0.225. The van der Waals surface area contributed by atoms with Crippen LogP contribution in [0.1, 0.15) is 21.1 Å². The van der Waals surface area contributed by atoms with E-state index in [4.69, 9.17) is 14.7 Å². The van der Waals surface area contributed by atoms with Gasteiger partial charge in [-0.05, 0) is 36.8 Å². The molecule has 2 aromatic heterocycles. The van der Waals surface area contributed by atoms with Crippen LogP contribution in [0.15, 0.2) is 89.2 Å². The molecule has 0 radical (unpaired) electrons. The summed E-state index contributed by atoms with van der Waals surface area (Å²) in [5.74, 6) is 0.869. The summed E-state index contributed by atoms with van der Waals surface area (Å²) < 4.78 is 5.23. The summed E-state index contributed by atoms with van der Waals surface area (Å²) in [6.07, 6.45) is 2.72. The van der Waals surface area contributed by atoms with Gasteiger partial charge in [-0.2, -0.15) is 0 Å². The van der Waals surface area contributed by atoms with E-state index in [1.54, 1.807) is 29.8 Å². The summed E-state index contributed by atoms with van der Waals surface area (Å²) in [4.78, 5) is 15.3. The molecule has 0 fully saturated rings. The Bertz CT molecular complexity index is 1400. The number of rotatable bonds is 7. The third kappa shape index (κ3) is 5.14. The molecule has 5 rings (SSSR count). The van der Waals surface area contributed by atoms with Gasteiger partial charge >= 0.3 is 0 Å². The highest BCUT2D eigenvalue weighted by molar-refractivity contribution is 7.16. The predicted molar refractivity (Wildman–Crippen MR) is 143 cm³/mol. The Morgan fingerprint density at radius 2 is 1.65 bits per heavy atom. The summed E-state index contributed by atoms with van der Waals surface area (Å²) in [5, 5.41) is 4.23. The Hall–Kier alpha value is -3.61. The van der Waals surface area contributed by atoms with Crippen molar-refractivity contribution < 1.29 is 4.74 Å². The Balaban J connectivity index is 1.26. The maximum Gasteiger partial charge on any atom is 0.124 e. The average Bonchev–Trinajstić information content (AvgIpc) is 3.50. The molecule has 0 spiro atoms. The summed E-state index contributed by atoms with van der Waals surface area (Å²) in [6, 6.07) is 26.6. The van der Waals surface area contributed by atoms with E-state index in [9.17, 15) is 0 Å². The molecule has 4 nitrogen and oxygen atoms in total. The van der Waals surface area contributed by atoms with Crippen molar-refractivity contribution >= 4 is 34.6 Å². The van der Waals surface area contributed by atoms with Crippen LogP contribution in [-0.2, 0) is 6.42 Å². The average molecular weight is 482 g/mol. The number of nitrogens with zero attached hydrogens (tertiary/aromatic N) is 3. The molecule has 0 bridgehead atoms. The molecular weight excluding hydrogens is 458 g/mol. The van der Waals surface area contributed by atoms with E-state index in [2.05, 4.69) is 46.8 Å². The van der Waals surface area contributed by atoms with Gasteiger partial charge in [0.25, 0.3) is 0 Å². The van der Waals surface area contributed by atoms with Crippen molar-refractivity contribution in [2.45, 2.75) is 13.3 Å². The zero-order chi connectivity index (χ0) is 23.3. The first kappa shape index (κ1) is 22.2. The number of aliphatic imine (C=N–C) groups is 1. The molecule has 0 saturated carbocycles. The summed E-state index contributed by atoms with van der Waals surface area (Å²) in [6.45, 7) is 2.03. The highest BCUT2D eigenvalue weighted by atomic mass is 32.1. The van der Waals surface area contributed by atoms with Gasteiger partial charge in [-0.1, -0.05) is 54.6 Å². The van der Waals surface area contributed by atoms with E-state index >= 15 is 0 Å². The van der Waals surface area contributed by atoms with Crippen LogP contribution in [0, 0.1) is 6.92 Å². The zero-order valence-corrected chi connectivity index (χ0v) is 20.6. The van der Waals surface area contributed by atoms with Crippen LogP contribution in [0.3, 0.4) is 0 Å². The molecule has 0 aliphatic rings. The predicted octanol–water partition coefficient (Wildman–Crippen LogP) is 7.59. The highest BCUT2D eigenvalue weighted by Gasteiger charge is 2.08. The van der Waals surface area contributed by atoms with E-state index in [-0.39, 0.29) is 0 Å². The van der Waals surface area contributed by atoms with Crippen molar-refractivity contribution in [3.05, 3.63) is 105 Å². The molecule has 0 atom stereocenters. The van der Waals surface area contributed by atoms with Gasteiger partial charge in [-0.15, -0.1) is 22.7 Å². The molecule has 2 heterocycles. The maximum absolute atomic E-state index is 5.23. The van der Waals surface area contributed by atoms with Crippen molar-refractivity contribution in [2.24, 2.45) is 4.99 Å². The van der Waals surface area contributed by atoms with Gasteiger partial charge in [0.05, 0.1) is 34.1 Å². The maximum atomic E-state index is 5.23. The Labute approximate surface area is 207 Å². The van der Waals surface area contributed by atoms with Crippen LogP contribution in [0.2, 0.25) is 0 Å². The minimum Gasteiger partial charge on any atom is -0.497 e. The van der Waals surface area contributed by atoms with Gasteiger partial charge in [0.2, 0.25) is 0 Å².